The highest BCUT2D eigenvalue weighted by molar-refractivity contribution is 7.99. The quantitative estimate of drug-likeness (QED) is 0.878. The molecule has 0 aliphatic heterocycles. The van der Waals surface area contributed by atoms with Crippen molar-refractivity contribution in [2.45, 2.75) is 18.3 Å². The van der Waals surface area contributed by atoms with Crippen LogP contribution in [0.5, 0.6) is 0 Å². The Morgan fingerprint density at radius 2 is 1.95 bits per heavy atom. The molecule has 5 nitrogen and oxygen atoms in total. The van der Waals surface area contributed by atoms with Gasteiger partial charge in [0, 0.05) is 12.6 Å². The van der Waals surface area contributed by atoms with E-state index in [2.05, 4.69) is 15.5 Å². The van der Waals surface area contributed by atoms with E-state index in [-0.39, 0.29) is 22.6 Å². The molecule has 0 aliphatic carbocycles. The van der Waals surface area contributed by atoms with Gasteiger partial charge in [-0.25, -0.2) is 0 Å². The second kappa shape index (κ2) is 6.17. The SMILES string of the molecule is Cc1nnc(SCC(=O)Nc2ccc(C(F)(F)F)cc2)o1. The third-order valence-electron chi connectivity index (χ3n) is 2.33. The predicted octanol–water partition coefficient (Wildman–Crippen LogP) is 3.13. The molecular weight excluding hydrogens is 307 g/mol. The van der Waals surface area contributed by atoms with Gasteiger partial charge >= 0.3 is 6.18 Å². The molecule has 21 heavy (non-hydrogen) atoms. The van der Waals surface area contributed by atoms with Crippen LogP contribution in [0.1, 0.15) is 11.5 Å². The fourth-order valence-corrected chi connectivity index (χ4v) is 2.01. The van der Waals surface area contributed by atoms with Gasteiger partial charge in [-0.3, -0.25) is 4.79 Å². The summed E-state index contributed by atoms with van der Waals surface area (Å²) in [6.45, 7) is 1.62. The van der Waals surface area contributed by atoms with Crippen molar-refractivity contribution < 1.29 is 22.4 Å². The van der Waals surface area contributed by atoms with Crippen LogP contribution in [0.3, 0.4) is 0 Å². The Morgan fingerprint density at radius 1 is 1.29 bits per heavy atom. The molecule has 9 heteroatoms. The Kier molecular flexibility index (Phi) is 4.51. The van der Waals surface area contributed by atoms with Crippen LogP contribution in [0.4, 0.5) is 18.9 Å². The largest absolute Gasteiger partial charge is 0.416 e. The summed E-state index contributed by atoms with van der Waals surface area (Å²) in [6, 6.07) is 4.21. The molecule has 0 unspecified atom stereocenters. The summed E-state index contributed by atoms with van der Waals surface area (Å²) in [4.78, 5) is 11.6. The number of carbonyl (C=O) groups is 1. The van der Waals surface area contributed by atoms with Gasteiger partial charge in [-0.15, -0.1) is 10.2 Å². The van der Waals surface area contributed by atoms with E-state index in [0.717, 1.165) is 23.9 Å². The van der Waals surface area contributed by atoms with Crippen LogP contribution < -0.4 is 5.32 Å². The molecule has 0 spiro atoms. The summed E-state index contributed by atoms with van der Waals surface area (Å²) in [5.74, 6) is 0.0269. The van der Waals surface area contributed by atoms with Crippen LogP contribution in [-0.4, -0.2) is 21.9 Å². The number of alkyl halides is 3. The molecule has 2 aromatic rings. The molecule has 0 saturated heterocycles. The maximum atomic E-state index is 12.4. The maximum Gasteiger partial charge on any atom is 0.416 e. The first-order valence-corrected chi connectivity index (χ1v) is 6.73. The van der Waals surface area contributed by atoms with E-state index in [1.165, 1.54) is 12.1 Å². The van der Waals surface area contributed by atoms with Crippen LogP contribution in [-0.2, 0) is 11.0 Å². The Bertz CT molecular complexity index is 625. The number of carbonyl (C=O) groups excluding carboxylic acids is 1. The molecule has 0 atom stereocenters. The average molecular weight is 317 g/mol. The highest BCUT2D eigenvalue weighted by atomic mass is 32.2. The maximum absolute atomic E-state index is 12.4. The van der Waals surface area contributed by atoms with E-state index in [4.69, 9.17) is 4.42 Å². The molecule has 1 aromatic carbocycles. The third kappa shape index (κ3) is 4.48. The van der Waals surface area contributed by atoms with Crippen molar-refractivity contribution in [3.63, 3.8) is 0 Å². The van der Waals surface area contributed by atoms with E-state index in [9.17, 15) is 18.0 Å². The van der Waals surface area contributed by atoms with Crippen LogP contribution in [0.25, 0.3) is 0 Å². The predicted molar refractivity (Wildman–Crippen MR) is 69.8 cm³/mol. The summed E-state index contributed by atoms with van der Waals surface area (Å²) < 4.78 is 42.2. The van der Waals surface area contributed by atoms with Crippen LogP contribution in [0.2, 0.25) is 0 Å². The summed E-state index contributed by atoms with van der Waals surface area (Å²) in [7, 11) is 0. The third-order valence-corrected chi connectivity index (χ3v) is 3.15. The minimum atomic E-state index is -4.39. The molecule has 1 heterocycles. The molecular formula is C12H10F3N3O2S. The topological polar surface area (TPSA) is 68.0 Å². The first kappa shape index (κ1) is 15.4. The Balaban J connectivity index is 1.88. The minimum Gasteiger partial charge on any atom is -0.416 e. The normalized spacial score (nSPS) is 11.4. The van der Waals surface area contributed by atoms with E-state index < -0.39 is 11.7 Å². The number of benzene rings is 1. The van der Waals surface area contributed by atoms with Crippen molar-refractivity contribution in [2.75, 3.05) is 11.1 Å². The fourth-order valence-electron chi connectivity index (χ4n) is 1.40. The van der Waals surface area contributed by atoms with E-state index in [1.54, 1.807) is 6.92 Å². The molecule has 2 rings (SSSR count). The second-order valence-corrected chi connectivity index (χ2v) is 4.93. The van der Waals surface area contributed by atoms with Gasteiger partial charge < -0.3 is 9.73 Å². The number of aryl methyl sites for hydroxylation is 1. The minimum absolute atomic E-state index is 0.0165. The zero-order chi connectivity index (χ0) is 15.5. The molecule has 0 radical (unpaired) electrons. The number of amides is 1. The summed E-state index contributed by atoms with van der Waals surface area (Å²) >= 11 is 1.04. The van der Waals surface area contributed by atoms with Crippen molar-refractivity contribution >= 4 is 23.4 Å². The van der Waals surface area contributed by atoms with Crippen molar-refractivity contribution in [3.8, 4) is 0 Å². The van der Waals surface area contributed by atoms with Crippen molar-refractivity contribution in [3.05, 3.63) is 35.7 Å². The molecule has 0 saturated carbocycles. The van der Waals surface area contributed by atoms with E-state index >= 15 is 0 Å². The zero-order valence-corrected chi connectivity index (χ0v) is 11.6. The number of aromatic nitrogens is 2. The molecule has 1 amide bonds. The smallest absolute Gasteiger partial charge is 0.416 e. The number of thioether (sulfide) groups is 1. The Hall–Kier alpha value is -2.03. The van der Waals surface area contributed by atoms with Crippen molar-refractivity contribution in [1.29, 1.82) is 0 Å². The first-order valence-electron chi connectivity index (χ1n) is 5.74. The molecule has 1 aromatic heterocycles. The highest BCUT2D eigenvalue weighted by Gasteiger charge is 2.29. The number of nitrogens with zero attached hydrogens (tertiary/aromatic N) is 2. The first-order chi connectivity index (χ1) is 9.84. The summed E-state index contributed by atoms with van der Waals surface area (Å²) in [6.07, 6.45) is -4.39. The van der Waals surface area contributed by atoms with Crippen LogP contribution in [0, 0.1) is 6.92 Å². The summed E-state index contributed by atoms with van der Waals surface area (Å²) in [5.41, 5.74) is -0.480. The molecule has 0 aliphatic rings. The Labute approximate surface area is 121 Å². The van der Waals surface area contributed by atoms with Gasteiger partial charge in [-0.05, 0) is 24.3 Å². The number of rotatable bonds is 4. The number of anilines is 1. The van der Waals surface area contributed by atoms with Gasteiger partial charge in [0.15, 0.2) is 0 Å². The molecule has 1 N–H and O–H groups in total. The van der Waals surface area contributed by atoms with Crippen molar-refractivity contribution in [1.82, 2.24) is 10.2 Å². The number of hydrogen-bond donors (Lipinski definition) is 1. The van der Waals surface area contributed by atoms with Gasteiger partial charge in [0.1, 0.15) is 0 Å². The fraction of sp³-hybridized carbons (Fsp3) is 0.250. The van der Waals surface area contributed by atoms with Gasteiger partial charge in [0.2, 0.25) is 11.8 Å². The molecule has 112 valence electrons. The monoisotopic (exact) mass is 317 g/mol. The van der Waals surface area contributed by atoms with Gasteiger partial charge in [0.05, 0.1) is 11.3 Å². The highest BCUT2D eigenvalue weighted by Crippen LogP contribution is 2.29. The van der Waals surface area contributed by atoms with E-state index in [1.807, 2.05) is 0 Å². The van der Waals surface area contributed by atoms with Gasteiger partial charge in [-0.2, -0.15) is 13.2 Å². The average Bonchev–Trinajstić information content (AvgIpc) is 2.82. The van der Waals surface area contributed by atoms with Gasteiger partial charge in [0.25, 0.3) is 5.22 Å². The molecule has 0 bridgehead atoms. The second-order valence-electron chi connectivity index (χ2n) is 4.00. The summed E-state index contributed by atoms with van der Waals surface area (Å²) in [5, 5.41) is 10.1. The van der Waals surface area contributed by atoms with Crippen LogP contribution in [0.15, 0.2) is 33.9 Å². The number of hydrogen-bond acceptors (Lipinski definition) is 5. The lowest BCUT2D eigenvalue weighted by molar-refractivity contribution is -0.137. The lowest BCUT2D eigenvalue weighted by Crippen LogP contribution is -2.14. The van der Waals surface area contributed by atoms with E-state index in [0.29, 0.717) is 5.89 Å². The number of nitrogens with one attached hydrogen (secondary N) is 1. The standard InChI is InChI=1S/C12H10F3N3O2S/c1-7-17-18-11(20-7)21-6-10(19)16-9-4-2-8(3-5-9)12(13,14)15/h2-5H,6H2,1H3,(H,16,19). The zero-order valence-electron chi connectivity index (χ0n) is 10.8. The van der Waals surface area contributed by atoms with Crippen LogP contribution >= 0.6 is 11.8 Å². The lowest BCUT2D eigenvalue weighted by Gasteiger charge is -2.08. The number of halogens is 3. The molecule has 0 fully saturated rings. The van der Waals surface area contributed by atoms with Crippen molar-refractivity contribution in [2.24, 2.45) is 0 Å². The Morgan fingerprint density at radius 3 is 2.48 bits per heavy atom. The van der Waals surface area contributed by atoms with Gasteiger partial charge in [-0.1, -0.05) is 11.8 Å². The lowest BCUT2D eigenvalue weighted by atomic mass is 10.2.